The summed E-state index contributed by atoms with van der Waals surface area (Å²) in [5.74, 6) is 0.707. The molecule has 0 aromatic carbocycles. The maximum absolute atomic E-state index is 4.72. The molecule has 0 amide bonds. The van der Waals surface area contributed by atoms with E-state index in [1.165, 1.54) is 22.0 Å². The van der Waals surface area contributed by atoms with Crippen molar-refractivity contribution in [2.45, 2.75) is 45.4 Å². The van der Waals surface area contributed by atoms with E-state index in [4.69, 9.17) is 4.98 Å². The number of nitrogens with one attached hydrogen (secondary N) is 1. The highest BCUT2D eigenvalue weighted by Crippen LogP contribution is 2.35. The molecule has 1 N–H and O–H groups in total. The average molecular weight is 224 g/mol. The van der Waals surface area contributed by atoms with Crippen LogP contribution in [0.15, 0.2) is 0 Å². The third-order valence-electron chi connectivity index (χ3n) is 2.91. The van der Waals surface area contributed by atoms with Gasteiger partial charge in [0.05, 0.1) is 10.7 Å². The highest BCUT2D eigenvalue weighted by atomic mass is 32.1. The number of nitrogens with zero attached hydrogens (tertiary/aromatic N) is 1. The van der Waals surface area contributed by atoms with Crippen LogP contribution in [0.3, 0.4) is 0 Å². The predicted octanol–water partition coefficient (Wildman–Crippen LogP) is 2.83. The molecule has 1 atom stereocenters. The molecule has 1 unspecified atom stereocenters. The van der Waals surface area contributed by atoms with Gasteiger partial charge in [-0.3, -0.25) is 0 Å². The summed E-state index contributed by atoms with van der Waals surface area (Å²) in [6.07, 6.45) is 1.27. The summed E-state index contributed by atoms with van der Waals surface area (Å²) >= 11 is 1.91. The molecule has 0 aliphatic carbocycles. The van der Waals surface area contributed by atoms with E-state index in [2.05, 4.69) is 33.0 Å². The van der Waals surface area contributed by atoms with Crippen molar-refractivity contribution in [3.05, 3.63) is 15.6 Å². The zero-order valence-corrected chi connectivity index (χ0v) is 10.9. The minimum atomic E-state index is 0.194. The fraction of sp³-hybridized carbons (Fsp3) is 0.750. The molecule has 0 radical (unpaired) electrons. The normalized spacial score (nSPS) is 22.3. The van der Waals surface area contributed by atoms with Gasteiger partial charge >= 0.3 is 0 Å². The molecule has 3 heteroatoms. The van der Waals surface area contributed by atoms with Gasteiger partial charge in [0.2, 0.25) is 0 Å². The number of hydrogen-bond donors (Lipinski definition) is 1. The molecular weight excluding hydrogens is 204 g/mol. The monoisotopic (exact) mass is 224 g/mol. The summed E-state index contributed by atoms with van der Waals surface area (Å²) < 4.78 is 0. The van der Waals surface area contributed by atoms with Gasteiger partial charge in [0.15, 0.2) is 0 Å². The van der Waals surface area contributed by atoms with Crippen LogP contribution >= 0.6 is 11.3 Å². The molecule has 2 heterocycles. The first-order valence-corrected chi connectivity index (χ1v) is 6.48. The fourth-order valence-corrected chi connectivity index (χ4v) is 3.24. The summed E-state index contributed by atoms with van der Waals surface area (Å²) in [5.41, 5.74) is 1.44. The third kappa shape index (κ3) is 2.23. The van der Waals surface area contributed by atoms with E-state index in [9.17, 15) is 0 Å². The maximum Gasteiger partial charge on any atom is 0.0984 e. The molecular formula is C12H20N2S. The highest BCUT2D eigenvalue weighted by Gasteiger charge is 2.25. The second-order valence-electron chi connectivity index (χ2n) is 5.41. The summed E-state index contributed by atoms with van der Waals surface area (Å²) in [7, 11) is 0. The van der Waals surface area contributed by atoms with Crippen LogP contribution in [-0.2, 0) is 5.41 Å². The van der Waals surface area contributed by atoms with E-state index in [1.807, 2.05) is 11.3 Å². The van der Waals surface area contributed by atoms with E-state index in [0.717, 1.165) is 13.1 Å². The molecule has 15 heavy (non-hydrogen) atoms. The molecule has 0 saturated carbocycles. The Morgan fingerprint density at radius 3 is 2.60 bits per heavy atom. The van der Waals surface area contributed by atoms with Crippen molar-refractivity contribution >= 4 is 11.3 Å². The van der Waals surface area contributed by atoms with Crippen molar-refractivity contribution < 1.29 is 0 Å². The average Bonchev–Trinajstić information content (AvgIpc) is 2.69. The Morgan fingerprint density at radius 1 is 1.40 bits per heavy atom. The molecule has 1 aliphatic heterocycles. The molecule has 1 aliphatic rings. The molecule has 1 aromatic rings. The van der Waals surface area contributed by atoms with Crippen LogP contribution in [0.2, 0.25) is 0 Å². The van der Waals surface area contributed by atoms with Gasteiger partial charge < -0.3 is 5.32 Å². The zero-order chi connectivity index (χ0) is 11.1. The predicted molar refractivity (Wildman–Crippen MR) is 65.8 cm³/mol. The van der Waals surface area contributed by atoms with Gasteiger partial charge in [-0.1, -0.05) is 20.8 Å². The SMILES string of the molecule is Cc1nc(C(C)(C)C)sc1C1CCNC1. The molecule has 0 spiro atoms. The Kier molecular flexibility index (Phi) is 2.86. The summed E-state index contributed by atoms with van der Waals surface area (Å²) in [6, 6.07) is 0. The molecule has 84 valence electrons. The van der Waals surface area contributed by atoms with Crippen LogP contribution in [0.5, 0.6) is 0 Å². The molecule has 1 saturated heterocycles. The minimum absolute atomic E-state index is 0.194. The number of hydrogen-bond acceptors (Lipinski definition) is 3. The Balaban J connectivity index is 2.29. The summed E-state index contributed by atoms with van der Waals surface area (Å²) in [4.78, 5) is 6.22. The van der Waals surface area contributed by atoms with Crippen molar-refractivity contribution in [2.75, 3.05) is 13.1 Å². The smallest absolute Gasteiger partial charge is 0.0984 e. The number of thiazole rings is 1. The van der Waals surface area contributed by atoms with E-state index >= 15 is 0 Å². The van der Waals surface area contributed by atoms with Gasteiger partial charge in [-0.05, 0) is 19.9 Å². The fourth-order valence-electron chi connectivity index (χ4n) is 1.99. The van der Waals surface area contributed by atoms with E-state index in [1.54, 1.807) is 0 Å². The number of aromatic nitrogens is 1. The summed E-state index contributed by atoms with van der Waals surface area (Å²) in [6.45, 7) is 11.2. The first-order chi connectivity index (χ1) is 6.98. The minimum Gasteiger partial charge on any atom is -0.316 e. The first kappa shape index (κ1) is 11.1. The van der Waals surface area contributed by atoms with Crippen molar-refractivity contribution in [2.24, 2.45) is 0 Å². The lowest BCUT2D eigenvalue weighted by Gasteiger charge is -2.13. The molecule has 2 rings (SSSR count). The first-order valence-electron chi connectivity index (χ1n) is 5.67. The van der Waals surface area contributed by atoms with E-state index in [0.29, 0.717) is 5.92 Å². The number of aryl methyl sites for hydroxylation is 1. The molecule has 2 nitrogen and oxygen atoms in total. The van der Waals surface area contributed by atoms with Crippen LogP contribution in [0.25, 0.3) is 0 Å². The van der Waals surface area contributed by atoms with Crippen molar-refractivity contribution in [3.8, 4) is 0 Å². The van der Waals surface area contributed by atoms with Crippen LogP contribution in [0, 0.1) is 6.92 Å². The Morgan fingerprint density at radius 2 is 2.13 bits per heavy atom. The van der Waals surface area contributed by atoms with Crippen LogP contribution in [0.1, 0.15) is 48.7 Å². The van der Waals surface area contributed by atoms with Gasteiger partial charge in [0.25, 0.3) is 0 Å². The standard InChI is InChI=1S/C12H20N2S/c1-8-10(9-5-6-13-7-9)15-11(14-8)12(2,3)4/h9,13H,5-7H2,1-4H3. The lowest BCUT2D eigenvalue weighted by atomic mass is 9.98. The van der Waals surface area contributed by atoms with Crippen LogP contribution in [0.4, 0.5) is 0 Å². The second kappa shape index (κ2) is 3.87. The third-order valence-corrected chi connectivity index (χ3v) is 4.65. The van der Waals surface area contributed by atoms with E-state index in [-0.39, 0.29) is 5.41 Å². The highest BCUT2D eigenvalue weighted by molar-refractivity contribution is 7.12. The van der Waals surface area contributed by atoms with Crippen molar-refractivity contribution in [1.82, 2.24) is 10.3 Å². The molecule has 1 fully saturated rings. The Bertz CT molecular complexity index is 343. The molecule has 1 aromatic heterocycles. The zero-order valence-electron chi connectivity index (χ0n) is 10.1. The van der Waals surface area contributed by atoms with Crippen molar-refractivity contribution in [3.63, 3.8) is 0 Å². The van der Waals surface area contributed by atoms with Gasteiger partial charge in [-0.2, -0.15) is 0 Å². The second-order valence-corrected chi connectivity index (χ2v) is 6.44. The quantitative estimate of drug-likeness (QED) is 0.793. The lowest BCUT2D eigenvalue weighted by molar-refractivity contribution is 0.584. The lowest BCUT2D eigenvalue weighted by Crippen LogP contribution is -2.10. The Labute approximate surface area is 96.1 Å². The van der Waals surface area contributed by atoms with Gasteiger partial charge in [-0.15, -0.1) is 11.3 Å². The van der Waals surface area contributed by atoms with Crippen LogP contribution in [-0.4, -0.2) is 18.1 Å². The summed E-state index contributed by atoms with van der Waals surface area (Å²) in [5, 5.41) is 4.70. The van der Waals surface area contributed by atoms with Gasteiger partial charge in [-0.25, -0.2) is 4.98 Å². The topological polar surface area (TPSA) is 24.9 Å². The Hall–Kier alpha value is -0.410. The largest absolute Gasteiger partial charge is 0.316 e. The van der Waals surface area contributed by atoms with Crippen molar-refractivity contribution in [1.29, 1.82) is 0 Å². The maximum atomic E-state index is 4.72. The van der Waals surface area contributed by atoms with Gasteiger partial charge in [0.1, 0.15) is 0 Å². The van der Waals surface area contributed by atoms with E-state index < -0.39 is 0 Å². The molecule has 0 bridgehead atoms. The van der Waals surface area contributed by atoms with Gasteiger partial charge in [0, 0.05) is 22.8 Å². The number of rotatable bonds is 1. The van der Waals surface area contributed by atoms with Crippen LogP contribution < -0.4 is 5.32 Å².